The molecule has 1 aromatic carbocycles. The van der Waals surface area contributed by atoms with E-state index >= 15 is 0 Å². The van der Waals surface area contributed by atoms with Gasteiger partial charge in [0.25, 0.3) is 0 Å². The van der Waals surface area contributed by atoms with Crippen LogP contribution in [-0.2, 0) is 13.0 Å². The van der Waals surface area contributed by atoms with Crippen LogP contribution in [0, 0.1) is 6.92 Å². The molecule has 2 aromatic rings. The first-order chi connectivity index (χ1) is 9.13. The lowest BCUT2D eigenvalue weighted by Gasteiger charge is -2.17. The van der Waals surface area contributed by atoms with Crippen molar-refractivity contribution in [2.45, 2.75) is 32.9 Å². The normalized spacial score (nSPS) is 12.6. The second-order valence-corrected chi connectivity index (χ2v) is 5.04. The Morgan fingerprint density at radius 1 is 1.37 bits per heavy atom. The van der Waals surface area contributed by atoms with Gasteiger partial charge in [-0.15, -0.1) is 0 Å². The average Bonchev–Trinajstić information content (AvgIpc) is 2.81. The third kappa shape index (κ3) is 3.33. The summed E-state index contributed by atoms with van der Waals surface area (Å²) >= 11 is 6.13. The molecule has 0 saturated heterocycles. The monoisotopic (exact) mass is 278 g/mol. The van der Waals surface area contributed by atoms with E-state index in [1.54, 1.807) is 6.33 Å². The lowest BCUT2D eigenvalue weighted by Crippen LogP contribution is -2.21. The van der Waals surface area contributed by atoms with Crippen LogP contribution in [0.1, 0.15) is 29.9 Å². The minimum absolute atomic E-state index is 0.187. The molecule has 19 heavy (non-hydrogen) atoms. The highest BCUT2D eigenvalue weighted by molar-refractivity contribution is 6.30. The molecule has 0 aliphatic rings. The first kappa shape index (κ1) is 14.0. The third-order valence-electron chi connectivity index (χ3n) is 3.20. The van der Waals surface area contributed by atoms with Crippen LogP contribution in [0.3, 0.4) is 0 Å². The summed E-state index contributed by atoms with van der Waals surface area (Å²) in [5.74, 6) is 0.986. The van der Waals surface area contributed by atoms with Crippen LogP contribution >= 0.6 is 11.6 Å². The zero-order chi connectivity index (χ0) is 13.8. The highest BCUT2D eigenvalue weighted by Crippen LogP contribution is 2.22. The average molecular weight is 279 g/mol. The number of aromatic nitrogens is 3. The van der Waals surface area contributed by atoms with Gasteiger partial charge in [-0.05, 0) is 44.2 Å². The minimum atomic E-state index is 0.187. The number of hydrogen-bond acceptors (Lipinski definition) is 3. The molecule has 0 fully saturated rings. The van der Waals surface area contributed by atoms with Crippen LogP contribution in [0.15, 0.2) is 24.5 Å². The second kappa shape index (κ2) is 6.17. The molecule has 2 rings (SSSR count). The number of hydrogen-bond donors (Lipinski definition) is 1. The predicted molar refractivity (Wildman–Crippen MR) is 77.4 cm³/mol. The Labute approximate surface area is 118 Å². The van der Waals surface area contributed by atoms with E-state index in [2.05, 4.69) is 35.3 Å². The molecule has 0 spiro atoms. The van der Waals surface area contributed by atoms with Crippen molar-refractivity contribution in [3.63, 3.8) is 0 Å². The van der Waals surface area contributed by atoms with Crippen LogP contribution in [-0.4, -0.2) is 21.8 Å². The summed E-state index contributed by atoms with van der Waals surface area (Å²) < 4.78 is 1.92. The van der Waals surface area contributed by atoms with Gasteiger partial charge in [0.1, 0.15) is 12.2 Å². The van der Waals surface area contributed by atoms with Gasteiger partial charge >= 0.3 is 0 Å². The highest BCUT2D eigenvalue weighted by Gasteiger charge is 2.14. The van der Waals surface area contributed by atoms with E-state index in [0.717, 1.165) is 23.8 Å². The molecule has 5 heteroatoms. The maximum Gasteiger partial charge on any atom is 0.138 e. The molecule has 102 valence electrons. The Kier molecular flexibility index (Phi) is 4.56. The van der Waals surface area contributed by atoms with E-state index in [0.29, 0.717) is 0 Å². The number of nitrogens with one attached hydrogen (secondary N) is 1. The zero-order valence-corrected chi connectivity index (χ0v) is 12.3. The Morgan fingerprint density at radius 2 is 2.16 bits per heavy atom. The van der Waals surface area contributed by atoms with Crippen molar-refractivity contribution in [1.29, 1.82) is 0 Å². The van der Waals surface area contributed by atoms with E-state index in [9.17, 15) is 0 Å². The zero-order valence-electron chi connectivity index (χ0n) is 11.5. The molecular weight excluding hydrogens is 260 g/mol. The molecule has 1 heterocycles. The number of nitrogens with zero attached hydrogens (tertiary/aromatic N) is 3. The summed E-state index contributed by atoms with van der Waals surface area (Å²) in [6, 6.07) is 6.31. The second-order valence-electron chi connectivity index (χ2n) is 4.60. The molecule has 4 nitrogen and oxygen atoms in total. The lowest BCUT2D eigenvalue weighted by atomic mass is 10.0. The fourth-order valence-electron chi connectivity index (χ4n) is 2.25. The van der Waals surface area contributed by atoms with Crippen molar-refractivity contribution in [2.24, 2.45) is 0 Å². The fourth-order valence-corrected chi connectivity index (χ4v) is 2.54. The standard InChI is InChI=1S/C14H19ClN4/c1-4-19-14(17-9-18-19)8-13(16-3)11-5-10(2)6-12(15)7-11/h5-7,9,13,16H,4,8H2,1-3H3. The first-order valence-electron chi connectivity index (χ1n) is 6.45. The summed E-state index contributed by atoms with van der Waals surface area (Å²) in [5.41, 5.74) is 2.35. The summed E-state index contributed by atoms with van der Waals surface area (Å²) in [5, 5.41) is 8.30. The van der Waals surface area contributed by atoms with Crippen LogP contribution in [0.5, 0.6) is 0 Å². The predicted octanol–water partition coefficient (Wildman–Crippen LogP) is 2.76. The summed E-state index contributed by atoms with van der Waals surface area (Å²) in [6.07, 6.45) is 2.40. The molecule has 0 aliphatic heterocycles. The van der Waals surface area contributed by atoms with Gasteiger partial charge in [-0.2, -0.15) is 5.10 Å². The van der Waals surface area contributed by atoms with Crippen molar-refractivity contribution in [2.75, 3.05) is 7.05 Å². The van der Waals surface area contributed by atoms with Gasteiger partial charge in [0.2, 0.25) is 0 Å². The van der Waals surface area contributed by atoms with Crippen LogP contribution in [0.2, 0.25) is 5.02 Å². The third-order valence-corrected chi connectivity index (χ3v) is 3.42. The van der Waals surface area contributed by atoms with Gasteiger partial charge < -0.3 is 5.32 Å². The molecule has 1 aromatic heterocycles. The van der Waals surface area contributed by atoms with Crippen molar-refractivity contribution < 1.29 is 0 Å². The van der Waals surface area contributed by atoms with Gasteiger partial charge in [0, 0.05) is 24.0 Å². The molecule has 1 unspecified atom stereocenters. The maximum absolute atomic E-state index is 6.13. The molecular formula is C14H19ClN4. The Bertz CT molecular complexity index is 530. The molecule has 0 saturated carbocycles. The first-order valence-corrected chi connectivity index (χ1v) is 6.83. The van der Waals surface area contributed by atoms with Crippen molar-refractivity contribution in [3.05, 3.63) is 46.5 Å². The molecule has 0 aliphatic carbocycles. The smallest absolute Gasteiger partial charge is 0.138 e. The number of halogens is 1. The fraction of sp³-hybridized carbons (Fsp3) is 0.429. The topological polar surface area (TPSA) is 42.7 Å². The van der Waals surface area contributed by atoms with Crippen LogP contribution in [0.25, 0.3) is 0 Å². The van der Waals surface area contributed by atoms with Crippen molar-refractivity contribution in [1.82, 2.24) is 20.1 Å². The largest absolute Gasteiger partial charge is 0.313 e. The number of rotatable bonds is 5. The van der Waals surface area contributed by atoms with E-state index in [1.807, 2.05) is 23.9 Å². The number of likely N-dealkylation sites (N-methyl/N-ethyl adjacent to an activating group) is 1. The molecule has 0 bridgehead atoms. The van der Waals surface area contributed by atoms with E-state index in [-0.39, 0.29) is 6.04 Å². The van der Waals surface area contributed by atoms with Gasteiger partial charge in [-0.3, -0.25) is 4.68 Å². The maximum atomic E-state index is 6.13. The van der Waals surface area contributed by atoms with E-state index < -0.39 is 0 Å². The summed E-state index contributed by atoms with van der Waals surface area (Å²) in [7, 11) is 1.95. The van der Waals surface area contributed by atoms with Gasteiger partial charge in [0.15, 0.2) is 0 Å². The molecule has 1 atom stereocenters. The van der Waals surface area contributed by atoms with Gasteiger partial charge in [-0.25, -0.2) is 4.98 Å². The molecule has 0 amide bonds. The Hall–Kier alpha value is -1.39. The quantitative estimate of drug-likeness (QED) is 0.914. The van der Waals surface area contributed by atoms with Crippen LogP contribution in [0.4, 0.5) is 0 Å². The van der Waals surface area contributed by atoms with Crippen molar-refractivity contribution >= 4 is 11.6 Å². The number of aryl methyl sites for hydroxylation is 2. The number of benzene rings is 1. The highest BCUT2D eigenvalue weighted by atomic mass is 35.5. The van der Waals surface area contributed by atoms with Gasteiger partial charge in [-0.1, -0.05) is 17.7 Å². The lowest BCUT2D eigenvalue weighted by molar-refractivity contribution is 0.533. The molecule has 0 radical (unpaired) electrons. The van der Waals surface area contributed by atoms with Gasteiger partial charge in [0.05, 0.1) is 0 Å². The minimum Gasteiger partial charge on any atom is -0.313 e. The Morgan fingerprint density at radius 3 is 2.79 bits per heavy atom. The summed E-state index contributed by atoms with van der Waals surface area (Å²) in [4.78, 5) is 4.32. The summed E-state index contributed by atoms with van der Waals surface area (Å²) in [6.45, 7) is 4.95. The molecule has 1 N–H and O–H groups in total. The Balaban J connectivity index is 2.25. The van der Waals surface area contributed by atoms with E-state index in [4.69, 9.17) is 11.6 Å². The van der Waals surface area contributed by atoms with Crippen LogP contribution < -0.4 is 5.32 Å². The van der Waals surface area contributed by atoms with E-state index in [1.165, 1.54) is 11.1 Å². The van der Waals surface area contributed by atoms with Crippen molar-refractivity contribution in [3.8, 4) is 0 Å². The SMILES string of the molecule is CCn1ncnc1CC(NC)c1cc(C)cc(Cl)c1.